The summed E-state index contributed by atoms with van der Waals surface area (Å²) in [7, 11) is 0. The standard InChI is InChI=1S/C10H9N3O/c11-9-7(3-1-4-8(9)14)10-12-5-2-6-13-10/h1-6,14H,11H2. The lowest BCUT2D eigenvalue weighted by atomic mass is 10.1. The Labute approximate surface area is 81.1 Å². The first-order chi connectivity index (χ1) is 6.79. The molecule has 14 heavy (non-hydrogen) atoms. The van der Waals surface area contributed by atoms with Crippen molar-refractivity contribution in [2.75, 3.05) is 5.73 Å². The molecule has 0 spiro atoms. The molecule has 2 aromatic rings. The number of rotatable bonds is 1. The second-order valence-corrected chi connectivity index (χ2v) is 2.81. The molecule has 0 fully saturated rings. The van der Waals surface area contributed by atoms with Gasteiger partial charge in [-0.05, 0) is 18.2 Å². The average molecular weight is 187 g/mol. The third kappa shape index (κ3) is 1.37. The number of benzene rings is 1. The van der Waals surface area contributed by atoms with Gasteiger partial charge in [-0.25, -0.2) is 9.97 Å². The van der Waals surface area contributed by atoms with Crippen LogP contribution in [0.5, 0.6) is 5.75 Å². The summed E-state index contributed by atoms with van der Waals surface area (Å²) < 4.78 is 0. The number of hydrogen-bond donors (Lipinski definition) is 2. The van der Waals surface area contributed by atoms with Gasteiger partial charge in [0.1, 0.15) is 5.75 Å². The number of anilines is 1. The Morgan fingerprint density at radius 2 is 1.79 bits per heavy atom. The van der Waals surface area contributed by atoms with E-state index in [-0.39, 0.29) is 5.75 Å². The number of nitrogen functional groups attached to an aromatic ring is 1. The van der Waals surface area contributed by atoms with Crippen LogP contribution in [0, 0.1) is 0 Å². The highest BCUT2D eigenvalue weighted by atomic mass is 16.3. The minimum atomic E-state index is 0.0509. The van der Waals surface area contributed by atoms with Gasteiger partial charge in [-0.3, -0.25) is 0 Å². The molecular formula is C10H9N3O. The second kappa shape index (κ2) is 3.33. The molecule has 0 aliphatic carbocycles. The van der Waals surface area contributed by atoms with Gasteiger partial charge in [-0.15, -0.1) is 0 Å². The Morgan fingerprint density at radius 3 is 2.50 bits per heavy atom. The third-order valence-electron chi connectivity index (χ3n) is 1.89. The molecule has 4 nitrogen and oxygen atoms in total. The molecule has 1 aromatic carbocycles. The zero-order chi connectivity index (χ0) is 9.97. The number of phenols is 1. The maximum atomic E-state index is 9.38. The lowest BCUT2D eigenvalue weighted by molar-refractivity contribution is 0.478. The van der Waals surface area contributed by atoms with E-state index in [1.54, 1.807) is 30.6 Å². The van der Waals surface area contributed by atoms with Crippen molar-refractivity contribution >= 4 is 5.69 Å². The fraction of sp³-hybridized carbons (Fsp3) is 0. The van der Waals surface area contributed by atoms with Crippen molar-refractivity contribution in [3.8, 4) is 17.1 Å². The molecule has 0 saturated carbocycles. The molecule has 2 rings (SSSR count). The minimum absolute atomic E-state index is 0.0509. The Hall–Kier alpha value is -2.10. The number of para-hydroxylation sites is 1. The molecular weight excluding hydrogens is 178 g/mol. The van der Waals surface area contributed by atoms with Crippen LogP contribution in [0.25, 0.3) is 11.4 Å². The van der Waals surface area contributed by atoms with E-state index in [4.69, 9.17) is 5.73 Å². The number of hydrogen-bond acceptors (Lipinski definition) is 4. The van der Waals surface area contributed by atoms with Crippen LogP contribution in [-0.2, 0) is 0 Å². The van der Waals surface area contributed by atoms with Crippen LogP contribution < -0.4 is 5.73 Å². The van der Waals surface area contributed by atoms with Crippen molar-refractivity contribution < 1.29 is 5.11 Å². The lowest BCUT2D eigenvalue weighted by Gasteiger charge is -2.04. The SMILES string of the molecule is Nc1c(O)cccc1-c1ncccn1. The van der Waals surface area contributed by atoms with Crippen molar-refractivity contribution in [2.45, 2.75) is 0 Å². The van der Waals surface area contributed by atoms with Gasteiger partial charge in [0.25, 0.3) is 0 Å². The number of nitrogens with two attached hydrogens (primary N) is 1. The highest BCUT2D eigenvalue weighted by Crippen LogP contribution is 2.29. The van der Waals surface area contributed by atoms with Gasteiger partial charge in [0.2, 0.25) is 0 Å². The van der Waals surface area contributed by atoms with E-state index in [1.165, 1.54) is 6.07 Å². The van der Waals surface area contributed by atoms with Crippen molar-refractivity contribution in [3.63, 3.8) is 0 Å². The average Bonchev–Trinajstić information content (AvgIpc) is 2.23. The van der Waals surface area contributed by atoms with Gasteiger partial charge in [0.15, 0.2) is 5.82 Å². The summed E-state index contributed by atoms with van der Waals surface area (Å²) in [4.78, 5) is 8.10. The molecule has 0 aliphatic rings. The highest BCUT2D eigenvalue weighted by Gasteiger charge is 2.07. The summed E-state index contributed by atoms with van der Waals surface area (Å²) in [5.41, 5.74) is 6.63. The van der Waals surface area contributed by atoms with Crippen LogP contribution in [0.15, 0.2) is 36.7 Å². The zero-order valence-corrected chi connectivity index (χ0v) is 7.38. The van der Waals surface area contributed by atoms with E-state index >= 15 is 0 Å². The van der Waals surface area contributed by atoms with Gasteiger partial charge in [-0.1, -0.05) is 6.07 Å². The molecule has 4 heteroatoms. The van der Waals surface area contributed by atoms with Gasteiger partial charge < -0.3 is 10.8 Å². The predicted octanol–water partition coefficient (Wildman–Crippen LogP) is 1.43. The first-order valence-corrected chi connectivity index (χ1v) is 4.14. The van der Waals surface area contributed by atoms with E-state index in [0.717, 1.165) is 0 Å². The summed E-state index contributed by atoms with van der Waals surface area (Å²) >= 11 is 0. The zero-order valence-electron chi connectivity index (χ0n) is 7.38. The molecule has 0 saturated heterocycles. The summed E-state index contributed by atoms with van der Waals surface area (Å²) in [6, 6.07) is 6.73. The normalized spacial score (nSPS) is 10.0. The molecule has 70 valence electrons. The van der Waals surface area contributed by atoms with Gasteiger partial charge in [-0.2, -0.15) is 0 Å². The largest absolute Gasteiger partial charge is 0.506 e. The molecule has 0 bridgehead atoms. The van der Waals surface area contributed by atoms with Crippen LogP contribution in [0.2, 0.25) is 0 Å². The number of aromatic hydroxyl groups is 1. The quantitative estimate of drug-likeness (QED) is 0.523. The Morgan fingerprint density at radius 1 is 1.07 bits per heavy atom. The van der Waals surface area contributed by atoms with Crippen LogP contribution in [0.1, 0.15) is 0 Å². The Balaban J connectivity index is 2.58. The molecule has 1 heterocycles. The Bertz CT molecular complexity index is 442. The van der Waals surface area contributed by atoms with Gasteiger partial charge in [0.05, 0.1) is 5.69 Å². The van der Waals surface area contributed by atoms with E-state index in [1.807, 2.05) is 0 Å². The molecule has 0 atom stereocenters. The van der Waals surface area contributed by atoms with Crippen molar-refractivity contribution in [1.29, 1.82) is 0 Å². The Kier molecular flexibility index (Phi) is 2.02. The summed E-state index contributed by atoms with van der Waals surface area (Å²) in [6.07, 6.45) is 3.26. The summed E-state index contributed by atoms with van der Waals surface area (Å²) in [5.74, 6) is 0.566. The highest BCUT2D eigenvalue weighted by molar-refractivity contribution is 5.76. The molecule has 1 aromatic heterocycles. The predicted molar refractivity (Wildman–Crippen MR) is 53.5 cm³/mol. The molecule has 0 radical (unpaired) electrons. The van der Waals surface area contributed by atoms with Crippen molar-refractivity contribution in [3.05, 3.63) is 36.7 Å². The summed E-state index contributed by atoms with van der Waals surface area (Å²) in [6.45, 7) is 0. The van der Waals surface area contributed by atoms with E-state index in [9.17, 15) is 5.11 Å². The third-order valence-corrected chi connectivity index (χ3v) is 1.89. The van der Waals surface area contributed by atoms with Crippen LogP contribution in [0.4, 0.5) is 5.69 Å². The number of nitrogens with zero attached hydrogens (tertiary/aromatic N) is 2. The van der Waals surface area contributed by atoms with E-state index in [0.29, 0.717) is 17.1 Å². The van der Waals surface area contributed by atoms with E-state index < -0.39 is 0 Å². The molecule has 0 aliphatic heterocycles. The number of phenolic OH excluding ortho intramolecular Hbond substituents is 1. The lowest BCUT2D eigenvalue weighted by Crippen LogP contribution is -1.93. The minimum Gasteiger partial charge on any atom is -0.506 e. The van der Waals surface area contributed by atoms with Crippen molar-refractivity contribution in [1.82, 2.24) is 9.97 Å². The van der Waals surface area contributed by atoms with Crippen LogP contribution in [0.3, 0.4) is 0 Å². The smallest absolute Gasteiger partial charge is 0.161 e. The fourth-order valence-electron chi connectivity index (χ4n) is 1.19. The topological polar surface area (TPSA) is 72.0 Å². The van der Waals surface area contributed by atoms with Crippen LogP contribution >= 0.6 is 0 Å². The fourth-order valence-corrected chi connectivity index (χ4v) is 1.19. The first kappa shape index (κ1) is 8.50. The molecule has 0 amide bonds. The van der Waals surface area contributed by atoms with Crippen LogP contribution in [-0.4, -0.2) is 15.1 Å². The number of aromatic nitrogens is 2. The first-order valence-electron chi connectivity index (χ1n) is 4.14. The van der Waals surface area contributed by atoms with Gasteiger partial charge >= 0.3 is 0 Å². The van der Waals surface area contributed by atoms with Gasteiger partial charge in [0, 0.05) is 18.0 Å². The maximum absolute atomic E-state index is 9.38. The molecule has 0 unspecified atom stereocenters. The summed E-state index contributed by atoms with van der Waals surface area (Å²) in [5, 5.41) is 9.38. The van der Waals surface area contributed by atoms with E-state index in [2.05, 4.69) is 9.97 Å². The van der Waals surface area contributed by atoms with Crippen molar-refractivity contribution in [2.24, 2.45) is 0 Å². The second-order valence-electron chi connectivity index (χ2n) is 2.81. The maximum Gasteiger partial charge on any atom is 0.161 e. The monoisotopic (exact) mass is 187 g/mol. The molecule has 3 N–H and O–H groups in total.